The summed E-state index contributed by atoms with van der Waals surface area (Å²) in [5.41, 5.74) is 2.15. The summed E-state index contributed by atoms with van der Waals surface area (Å²) in [4.78, 5) is 9.11. The third kappa shape index (κ3) is 3.91. The van der Waals surface area contributed by atoms with Gasteiger partial charge in [-0.15, -0.1) is 0 Å². The van der Waals surface area contributed by atoms with Crippen LogP contribution >= 0.6 is 11.6 Å². The van der Waals surface area contributed by atoms with Gasteiger partial charge in [0, 0.05) is 39.2 Å². The van der Waals surface area contributed by atoms with Gasteiger partial charge in [0.05, 0.1) is 12.2 Å². The zero-order valence-electron chi connectivity index (χ0n) is 13.9. The van der Waals surface area contributed by atoms with E-state index in [0.717, 1.165) is 67.9 Å². The van der Waals surface area contributed by atoms with Crippen LogP contribution in [0.15, 0.2) is 4.52 Å². The van der Waals surface area contributed by atoms with Gasteiger partial charge in [-0.25, -0.2) is 0 Å². The predicted octanol–water partition coefficient (Wildman–Crippen LogP) is 1.78. The van der Waals surface area contributed by atoms with Gasteiger partial charge in [0.2, 0.25) is 5.89 Å². The fraction of sp³-hybridized carbons (Fsp3) is 0.667. The summed E-state index contributed by atoms with van der Waals surface area (Å²) in [6.45, 7) is 9.54. The Morgan fingerprint density at radius 1 is 1.09 bits per heavy atom. The highest BCUT2D eigenvalue weighted by Gasteiger charge is 2.20. The zero-order valence-corrected chi connectivity index (χ0v) is 14.7. The highest BCUT2D eigenvalue weighted by molar-refractivity contribution is 6.30. The van der Waals surface area contributed by atoms with E-state index in [2.05, 4.69) is 25.0 Å². The van der Waals surface area contributed by atoms with Gasteiger partial charge in [-0.1, -0.05) is 16.8 Å². The smallest absolute Gasteiger partial charge is 0.223 e. The van der Waals surface area contributed by atoms with Crippen LogP contribution in [0.25, 0.3) is 0 Å². The van der Waals surface area contributed by atoms with Crippen LogP contribution < -0.4 is 0 Å². The third-order valence-corrected chi connectivity index (χ3v) is 4.74. The molecule has 0 bridgehead atoms. The predicted molar refractivity (Wildman–Crippen MR) is 87.2 cm³/mol. The van der Waals surface area contributed by atoms with E-state index in [1.807, 2.05) is 20.9 Å². The Morgan fingerprint density at radius 3 is 2.35 bits per heavy atom. The van der Waals surface area contributed by atoms with Gasteiger partial charge < -0.3 is 4.52 Å². The number of aryl methyl sites for hydroxylation is 3. The van der Waals surface area contributed by atoms with E-state index in [1.165, 1.54) is 0 Å². The molecular weight excluding hydrogens is 316 g/mol. The van der Waals surface area contributed by atoms with Crippen LogP contribution in [0.3, 0.4) is 0 Å². The van der Waals surface area contributed by atoms with Crippen molar-refractivity contribution in [1.29, 1.82) is 0 Å². The number of nitrogens with zero attached hydrogens (tertiary/aromatic N) is 6. The summed E-state index contributed by atoms with van der Waals surface area (Å²) in [5, 5.41) is 9.12. The lowest BCUT2D eigenvalue weighted by atomic mass is 10.2. The number of aromatic nitrogens is 4. The van der Waals surface area contributed by atoms with Gasteiger partial charge in [-0.05, 0) is 26.4 Å². The lowest BCUT2D eigenvalue weighted by molar-refractivity contribution is 0.241. The van der Waals surface area contributed by atoms with E-state index >= 15 is 0 Å². The quantitative estimate of drug-likeness (QED) is 0.846. The van der Waals surface area contributed by atoms with E-state index in [0.29, 0.717) is 5.89 Å². The van der Waals surface area contributed by atoms with Crippen molar-refractivity contribution in [2.24, 2.45) is 7.05 Å². The second-order valence-corrected chi connectivity index (χ2v) is 6.47. The average molecular weight is 339 g/mol. The number of rotatable bonds is 4. The highest BCUT2D eigenvalue weighted by Crippen LogP contribution is 2.21. The Labute approximate surface area is 141 Å². The van der Waals surface area contributed by atoms with E-state index in [-0.39, 0.29) is 0 Å². The number of hydrogen-bond donors (Lipinski definition) is 0. The summed E-state index contributed by atoms with van der Waals surface area (Å²) in [6, 6.07) is 0. The van der Waals surface area contributed by atoms with Crippen molar-refractivity contribution in [2.75, 3.05) is 26.2 Å². The molecule has 126 valence electrons. The van der Waals surface area contributed by atoms with Crippen LogP contribution in [-0.2, 0) is 20.1 Å². The van der Waals surface area contributed by atoms with Crippen molar-refractivity contribution in [3.8, 4) is 0 Å². The first kappa shape index (κ1) is 16.4. The molecule has 0 radical (unpaired) electrons. The van der Waals surface area contributed by atoms with Crippen molar-refractivity contribution in [3.63, 3.8) is 0 Å². The molecule has 0 atom stereocenters. The Morgan fingerprint density at radius 2 is 1.78 bits per heavy atom. The van der Waals surface area contributed by atoms with Crippen molar-refractivity contribution >= 4 is 11.6 Å². The minimum atomic E-state index is 0.623. The van der Waals surface area contributed by atoms with Gasteiger partial charge in [0.15, 0.2) is 5.82 Å². The molecule has 1 fully saturated rings. The normalized spacial score (nSPS) is 17.6. The second-order valence-electron chi connectivity index (χ2n) is 6.11. The maximum Gasteiger partial charge on any atom is 0.223 e. The molecule has 23 heavy (non-hydrogen) atoms. The van der Waals surface area contributed by atoms with E-state index in [9.17, 15) is 0 Å². The zero-order chi connectivity index (χ0) is 16.4. The molecule has 3 heterocycles. The molecule has 7 nitrogen and oxygen atoms in total. The molecule has 1 saturated heterocycles. The molecule has 0 unspecified atom stereocenters. The molecule has 1 aliphatic rings. The highest BCUT2D eigenvalue weighted by atomic mass is 35.5. The second kappa shape index (κ2) is 6.98. The first-order valence-electron chi connectivity index (χ1n) is 7.95. The Kier molecular flexibility index (Phi) is 4.99. The van der Waals surface area contributed by atoms with E-state index in [1.54, 1.807) is 4.68 Å². The average Bonchev–Trinajstić information content (AvgIpc) is 2.91. The van der Waals surface area contributed by atoms with Gasteiger partial charge in [0.1, 0.15) is 5.15 Å². The van der Waals surface area contributed by atoms with E-state index < -0.39 is 0 Å². The minimum Gasteiger partial charge on any atom is -0.340 e. The van der Waals surface area contributed by atoms with Gasteiger partial charge in [-0.3, -0.25) is 14.5 Å². The maximum atomic E-state index is 6.35. The van der Waals surface area contributed by atoms with Crippen LogP contribution in [0.2, 0.25) is 5.15 Å². The van der Waals surface area contributed by atoms with E-state index in [4.69, 9.17) is 16.1 Å². The molecule has 8 heteroatoms. The number of hydrogen-bond acceptors (Lipinski definition) is 6. The molecule has 0 aliphatic carbocycles. The molecule has 0 saturated carbocycles. The fourth-order valence-electron chi connectivity index (χ4n) is 3.02. The van der Waals surface area contributed by atoms with Crippen molar-refractivity contribution in [3.05, 3.63) is 28.1 Å². The van der Waals surface area contributed by atoms with Crippen LogP contribution in [0.4, 0.5) is 0 Å². The van der Waals surface area contributed by atoms with Crippen LogP contribution in [0.1, 0.15) is 29.4 Å². The standard InChI is InChI=1S/C15H23ClN6O/c1-11-13(15(16)20(3)18-11)9-21-5-4-6-22(8-7-21)10-14-17-12(2)23-19-14/h4-10H2,1-3H3. The number of halogens is 1. The molecule has 0 N–H and O–H groups in total. The minimum absolute atomic E-state index is 0.623. The van der Waals surface area contributed by atoms with Crippen LogP contribution in [0.5, 0.6) is 0 Å². The van der Waals surface area contributed by atoms with Crippen molar-refractivity contribution in [1.82, 2.24) is 29.7 Å². The largest absolute Gasteiger partial charge is 0.340 e. The topological polar surface area (TPSA) is 63.2 Å². The Balaban J connectivity index is 1.58. The molecule has 0 amide bonds. The van der Waals surface area contributed by atoms with Gasteiger partial charge in [-0.2, -0.15) is 10.1 Å². The SMILES string of the molecule is Cc1nc(CN2CCCN(Cc3c(C)nn(C)c3Cl)CC2)no1. The molecule has 0 spiro atoms. The third-order valence-electron chi connectivity index (χ3n) is 4.27. The Hall–Kier alpha value is -1.44. The van der Waals surface area contributed by atoms with Crippen molar-refractivity contribution in [2.45, 2.75) is 33.4 Å². The lowest BCUT2D eigenvalue weighted by Gasteiger charge is -2.21. The summed E-state index contributed by atoms with van der Waals surface area (Å²) < 4.78 is 6.79. The van der Waals surface area contributed by atoms with Crippen LogP contribution in [-0.4, -0.2) is 55.9 Å². The first-order valence-corrected chi connectivity index (χ1v) is 8.32. The molecule has 1 aliphatic heterocycles. The van der Waals surface area contributed by atoms with Gasteiger partial charge >= 0.3 is 0 Å². The summed E-state index contributed by atoms with van der Waals surface area (Å²) in [5.74, 6) is 1.39. The maximum absolute atomic E-state index is 6.35. The van der Waals surface area contributed by atoms with Crippen molar-refractivity contribution < 1.29 is 4.52 Å². The van der Waals surface area contributed by atoms with Crippen LogP contribution in [0, 0.1) is 13.8 Å². The molecule has 2 aromatic rings. The monoisotopic (exact) mass is 338 g/mol. The summed E-state index contributed by atoms with van der Waals surface area (Å²) >= 11 is 6.35. The summed E-state index contributed by atoms with van der Waals surface area (Å²) in [7, 11) is 1.88. The molecule has 0 aromatic carbocycles. The Bertz CT molecular complexity index is 667. The molecule has 2 aromatic heterocycles. The summed E-state index contributed by atoms with van der Waals surface area (Å²) in [6.07, 6.45) is 1.12. The molecular formula is C15H23ClN6O. The fourth-order valence-corrected chi connectivity index (χ4v) is 3.26. The lowest BCUT2D eigenvalue weighted by Crippen LogP contribution is -2.30. The first-order chi connectivity index (χ1) is 11.0. The van der Waals surface area contributed by atoms with Gasteiger partial charge in [0.25, 0.3) is 0 Å². The molecule has 3 rings (SSSR count).